The number of benzene rings is 2. The molecule has 0 fully saturated rings. The average Bonchev–Trinajstić information content (AvgIpc) is 3.33. The SMILES string of the molecule is C=C(NCCOC)c1cccc(-c2cccc3cc(Cc4ccc(Cl)s4)sc23)c1. The van der Waals surface area contributed by atoms with Gasteiger partial charge in [-0.05, 0) is 46.3 Å². The van der Waals surface area contributed by atoms with Crippen LogP contribution in [-0.4, -0.2) is 20.3 Å². The molecule has 2 aromatic heterocycles. The number of fused-ring (bicyclic) bond motifs is 1. The first-order chi connectivity index (χ1) is 14.1. The third kappa shape index (κ3) is 4.73. The predicted molar refractivity (Wildman–Crippen MR) is 128 cm³/mol. The van der Waals surface area contributed by atoms with Crippen molar-refractivity contribution in [3.8, 4) is 11.1 Å². The fourth-order valence-corrected chi connectivity index (χ4v) is 5.75. The van der Waals surface area contributed by atoms with Crippen LogP contribution in [0.5, 0.6) is 0 Å². The van der Waals surface area contributed by atoms with Crippen LogP contribution < -0.4 is 5.32 Å². The van der Waals surface area contributed by atoms with Gasteiger partial charge in [0.2, 0.25) is 0 Å². The molecule has 29 heavy (non-hydrogen) atoms. The largest absolute Gasteiger partial charge is 0.383 e. The van der Waals surface area contributed by atoms with Gasteiger partial charge in [-0.25, -0.2) is 0 Å². The number of hydrogen-bond donors (Lipinski definition) is 1. The van der Waals surface area contributed by atoms with Crippen molar-refractivity contribution in [2.45, 2.75) is 6.42 Å². The molecule has 2 heterocycles. The van der Waals surface area contributed by atoms with Gasteiger partial charge in [0.25, 0.3) is 0 Å². The summed E-state index contributed by atoms with van der Waals surface area (Å²) in [5.74, 6) is 0. The topological polar surface area (TPSA) is 21.3 Å². The summed E-state index contributed by atoms with van der Waals surface area (Å²) in [5.41, 5.74) is 4.47. The molecular formula is C24H22ClNOS2. The van der Waals surface area contributed by atoms with Gasteiger partial charge in [-0.3, -0.25) is 0 Å². The van der Waals surface area contributed by atoms with Crippen LogP contribution in [0.4, 0.5) is 0 Å². The van der Waals surface area contributed by atoms with Gasteiger partial charge in [0, 0.05) is 40.2 Å². The van der Waals surface area contributed by atoms with Crippen molar-refractivity contribution in [1.29, 1.82) is 0 Å². The van der Waals surface area contributed by atoms with Crippen LogP contribution in [0.2, 0.25) is 4.34 Å². The van der Waals surface area contributed by atoms with Crippen LogP contribution in [0.1, 0.15) is 15.3 Å². The Morgan fingerprint density at radius 3 is 2.69 bits per heavy atom. The zero-order valence-corrected chi connectivity index (χ0v) is 18.6. The smallest absolute Gasteiger partial charge is 0.0931 e. The molecule has 4 aromatic rings. The minimum atomic E-state index is 0.658. The van der Waals surface area contributed by atoms with E-state index in [1.165, 1.54) is 31.0 Å². The first kappa shape index (κ1) is 20.2. The summed E-state index contributed by atoms with van der Waals surface area (Å²) in [6.45, 7) is 5.58. The van der Waals surface area contributed by atoms with Gasteiger partial charge < -0.3 is 10.1 Å². The summed E-state index contributed by atoms with van der Waals surface area (Å²) in [5, 5.41) is 4.61. The normalized spacial score (nSPS) is 11.1. The van der Waals surface area contributed by atoms with Crippen LogP contribution in [-0.2, 0) is 11.2 Å². The second kappa shape index (κ2) is 9.14. The Kier molecular flexibility index (Phi) is 6.36. The summed E-state index contributed by atoms with van der Waals surface area (Å²) >= 11 is 9.61. The number of ether oxygens (including phenoxy) is 1. The molecule has 0 saturated carbocycles. The minimum Gasteiger partial charge on any atom is -0.383 e. The van der Waals surface area contributed by atoms with Gasteiger partial charge in [-0.1, -0.05) is 54.6 Å². The zero-order chi connectivity index (χ0) is 20.2. The van der Waals surface area contributed by atoms with E-state index < -0.39 is 0 Å². The van der Waals surface area contributed by atoms with Crippen molar-refractivity contribution in [1.82, 2.24) is 5.32 Å². The van der Waals surface area contributed by atoms with Gasteiger partial charge >= 0.3 is 0 Å². The summed E-state index contributed by atoms with van der Waals surface area (Å²) in [6, 6.07) is 21.5. The first-order valence-electron chi connectivity index (χ1n) is 9.42. The summed E-state index contributed by atoms with van der Waals surface area (Å²) in [7, 11) is 1.70. The van der Waals surface area contributed by atoms with Crippen LogP contribution in [0.15, 0.2) is 67.2 Å². The summed E-state index contributed by atoms with van der Waals surface area (Å²) < 4.78 is 7.27. The van der Waals surface area contributed by atoms with Crippen LogP contribution in [0.25, 0.3) is 26.9 Å². The average molecular weight is 440 g/mol. The van der Waals surface area contributed by atoms with E-state index in [2.05, 4.69) is 66.5 Å². The molecule has 0 bridgehead atoms. The second-order valence-corrected chi connectivity index (χ2v) is 9.73. The zero-order valence-electron chi connectivity index (χ0n) is 16.2. The van der Waals surface area contributed by atoms with Gasteiger partial charge in [-0.2, -0.15) is 0 Å². The molecule has 0 aliphatic carbocycles. The third-order valence-electron chi connectivity index (χ3n) is 4.74. The summed E-state index contributed by atoms with van der Waals surface area (Å²) in [4.78, 5) is 2.65. The van der Waals surface area contributed by atoms with Gasteiger partial charge in [-0.15, -0.1) is 22.7 Å². The molecular weight excluding hydrogens is 418 g/mol. The van der Waals surface area contributed by atoms with Crippen molar-refractivity contribution in [2.75, 3.05) is 20.3 Å². The van der Waals surface area contributed by atoms with Crippen molar-refractivity contribution in [3.05, 3.63) is 86.9 Å². The number of halogens is 1. The lowest BCUT2D eigenvalue weighted by Crippen LogP contribution is -2.16. The lowest BCUT2D eigenvalue weighted by atomic mass is 10.0. The Bertz CT molecular complexity index is 1140. The Balaban J connectivity index is 1.63. The van der Waals surface area contributed by atoms with Gasteiger partial charge in [0.1, 0.15) is 0 Å². The minimum absolute atomic E-state index is 0.658. The Morgan fingerprint density at radius 1 is 1.03 bits per heavy atom. The van der Waals surface area contributed by atoms with Crippen molar-refractivity contribution >= 4 is 50.1 Å². The van der Waals surface area contributed by atoms with E-state index in [1.54, 1.807) is 18.4 Å². The molecule has 0 saturated heterocycles. The maximum absolute atomic E-state index is 6.09. The molecule has 0 radical (unpaired) electrons. The fourth-order valence-electron chi connectivity index (χ4n) is 3.33. The molecule has 0 amide bonds. The van der Waals surface area contributed by atoms with E-state index in [9.17, 15) is 0 Å². The second-order valence-electron chi connectivity index (χ2n) is 6.80. The van der Waals surface area contributed by atoms with Gasteiger partial charge in [0.15, 0.2) is 0 Å². The van der Waals surface area contributed by atoms with Crippen molar-refractivity contribution in [2.24, 2.45) is 0 Å². The maximum atomic E-state index is 6.09. The van der Waals surface area contributed by atoms with E-state index in [1.807, 2.05) is 17.4 Å². The molecule has 5 heteroatoms. The van der Waals surface area contributed by atoms with Crippen LogP contribution in [0.3, 0.4) is 0 Å². The van der Waals surface area contributed by atoms with E-state index >= 15 is 0 Å². The van der Waals surface area contributed by atoms with E-state index in [4.69, 9.17) is 16.3 Å². The molecule has 2 nitrogen and oxygen atoms in total. The lowest BCUT2D eigenvalue weighted by Gasteiger charge is -2.11. The molecule has 0 atom stereocenters. The predicted octanol–water partition coefficient (Wildman–Crippen LogP) is 7.08. The number of hydrogen-bond acceptors (Lipinski definition) is 4. The van der Waals surface area contributed by atoms with Crippen LogP contribution >= 0.6 is 34.3 Å². The van der Waals surface area contributed by atoms with Crippen molar-refractivity contribution < 1.29 is 4.74 Å². The monoisotopic (exact) mass is 439 g/mol. The number of nitrogens with one attached hydrogen (secondary N) is 1. The van der Waals surface area contributed by atoms with Gasteiger partial charge in [0.05, 0.1) is 10.9 Å². The third-order valence-corrected chi connectivity index (χ3v) is 7.15. The highest BCUT2D eigenvalue weighted by molar-refractivity contribution is 7.20. The van der Waals surface area contributed by atoms with Crippen LogP contribution in [0, 0.1) is 0 Å². The van der Waals surface area contributed by atoms with E-state index in [0.717, 1.165) is 28.6 Å². The highest BCUT2D eigenvalue weighted by Gasteiger charge is 2.11. The van der Waals surface area contributed by atoms with E-state index in [0.29, 0.717) is 6.61 Å². The number of methoxy groups -OCH3 is 1. The molecule has 0 spiro atoms. The first-order valence-corrected chi connectivity index (χ1v) is 11.4. The molecule has 4 rings (SSSR count). The number of rotatable bonds is 8. The number of thiophene rings is 2. The molecule has 2 aromatic carbocycles. The lowest BCUT2D eigenvalue weighted by molar-refractivity contribution is 0.203. The van der Waals surface area contributed by atoms with E-state index in [-0.39, 0.29) is 0 Å². The molecule has 0 unspecified atom stereocenters. The van der Waals surface area contributed by atoms with Crippen molar-refractivity contribution in [3.63, 3.8) is 0 Å². The highest BCUT2D eigenvalue weighted by Crippen LogP contribution is 2.37. The Morgan fingerprint density at radius 2 is 1.90 bits per heavy atom. The molecule has 0 aliphatic rings. The Labute approximate surface area is 184 Å². The highest BCUT2D eigenvalue weighted by atomic mass is 35.5. The molecule has 1 N–H and O–H groups in total. The Hall–Kier alpha value is -2.11. The summed E-state index contributed by atoms with van der Waals surface area (Å²) in [6.07, 6.45) is 0.927. The quantitative estimate of drug-likeness (QED) is 0.296. The maximum Gasteiger partial charge on any atom is 0.0931 e. The molecule has 148 valence electrons. The molecule has 0 aliphatic heterocycles. The standard InChI is InChI=1S/C24H22ClNOS2/c1-16(26-11-12-27-2)17-5-3-6-18(13-17)22-8-4-7-19-14-21(29-24(19)22)15-20-9-10-23(25)28-20/h3-10,13-14,26H,1,11-12,15H2,2H3. The fraction of sp³-hybridized carbons (Fsp3) is 0.167.